The molecular weight excluding hydrogens is 120 g/mol. The van der Waals surface area contributed by atoms with Crippen molar-refractivity contribution >= 4 is 0 Å². The third kappa shape index (κ3) is 0.817. The predicted octanol–water partition coefficient (Wildman–Crippen LogP) is 3.14. The largest absolute Gasteiger partial charge is 0.0853 e. The van der Waals surface area contributed by atoms with E-state index in [0.29, 0.717) is 0 Å². The molecule has 0 spiro atoms. The predicted molar refractivity (Wildman–Crippen MR) is 43.8 cm³/mol. The zero-order chi connectivity index (χ0) is 6.97. The highest BCUT2D eigenvalue weighted by molar-refractivity contribution is 5.20. The van der Waals surface area contributed by atoms with Crippen LogP contribution in [0.5, 0.6) is 0 Å². The number of hydrogen-bond donors (Lipinski definition) is 0. The van der Waals surface area contributed by atoms with Crippen LogP contribution in [-0.4, -0.2) is 0 Å². The molecule has 2 atom stereocenters. The van der Waals surface area contributed by atoms with Crippen LogP contribution in [0.3, 0.4) is 0 Å². The maximum atomic E-state index is 2.45. The fourth-order valence-electron chi connectivity index (χ4n) is 2.56. The van der Waals surface area contributed by atoms with Gasteiger partial charge in [0.15, 0.2) is 0 Å². The molecule has 0 saturated heterocycles. The SMILES string of the molecule is CCC=C1CC2CCCC12. The molecule has 0 bridgehead atoms. The summed E-state index contributed by atoms with van der Waals surface area (Å²) in [7, 11) is 0. The number of rotatable bonds is 1. The average Bonchev–Trinajstić information content (AvgIpc) is 2.26. The van der Waals surface area contributed by atoms with Gasteiger partial charge in [-0.1, -0.05) is 25.0 Å². The van der Waals surface area contributed by atoms with E-state index in [1.807, 2.05) is 0 Å². The van der Waals surface area contributed by atoms with Crippen LogP contribution in [0.15, 0.2) is 11.6 Å². The molecule has 0 aromatic carbocycles. The monoisotopic (exact) mass is 136 g/mol. The van der Waals surface area contributed by atoms with Gasteiger partial charge in [0, 0.05) is 0 Å². The van der Waals surface area contributed by atoms with E-state index in [9.17, 15) is 0 Å². The molecule has 0 amide bonds. The van der Waals surface area contributed by atoms with Crippen LogP contribution in [0.4, 0.5) is 0 Å². The summed E-state index contributed by atoms with van der Waals surface area (Å²) in [6.45, 7) is 2.25. The first-order valence-electron chi connectivity index (χ1n) is 4.60. The van der Waals surface area contributed by atoms with Crippen molar-refractivity contribution in [3.8, 4) is 0 Å². The topological polar surface area (TPSA) is 0 Å². The van der Waals surface area contributed by atoms with Crippen molar-refractivity contribution in [3.63, 3.8) is 0 Å². The molecular formula is C10H16. The molecule has 0 heteroatoms. The van der Waals surface area contributed by atoms with E-state index in [4.69, 9.17) is 0 Å². The highest BCUT2D eigenvalue weighted by Crippen LogP contribution is 2.50. The highest BCUT2D eigenvalue weighted by atomic mass is 14.4. The zero-order valence-corrected chi connectivity index (χ0v) is 6.77. The van der Waals surface area contributed by atoms with Crippen molar-refractivity contribution in [1.29, 1.82) is 0 Å². The first-order valence-corrected chi connectivity index (χ1v) is 4.60. The van der Waals surface area contributed by atoms with Crippen molar-refractivity contribution in [2.45, 2.75) is 39.0 Å². The Labute approximate surface area is 63.3 Å². The fraction of sp³-hybridized carbons (Fsp3) is 0.800. The summed E-state index contributed by atoms with van der Waals surface area (Å²) in [4.78, 5) is 0. The Morgan fingerprint density at radius 1 is 1.50 bits per heavy atom. The molecule has 2 unspecified atom stereocenters. The van der Waals surface area contributed by atoms with Gasteiger partial charge in [0.1, 0.15) is 0 Å². The molecule has 2 aliphatic carbocycles. The zero-order valence-electron chi connectivity index (χ0n) is 6.77. The van der Waals surface area contributed by atoms with Gasteiger partial charge >= 0.3 is 0 Å². The summed E-state index contributed by atoms with van der Waals surface area (Å²) in [5.41, 5.74) is 1.78. The molecule has 2 fully saturated rings. The summed E-state index contributed by atoms with van der Waals surface area (Å²) < 4.78 is 0. The maximum Gasteiger partial charge on any atom is -0.0172 e. The Bertz CT molecular complexity index is 155. The Balaban J connectivity index is 2.00. The molecule has 2 saturated carbocycles. The van der Waals surface area contributed by atoms with Gasteiger partial charge in [-0.25, -0.2) is 0 Å². The number of allylic oxidation sites excluding steroid dienone is 2. The Kier molecular flexibility index (Phi) is 1.55. The molecule has 0 nitrogen and oxygen atoms in total. The number of hydrogen-bond acceptors (Lipinski definition) is 0. The van der Waals surface area contributed by atoms with Crippen LogP contribution in [0, 0.1) is 11.8 Å². The normalized spacial score (nSPS) is 41.5. The molecule has 0 aromatic rings. The standard InChI is InChI=1S/C10H16/c1-2-4-8-7-9-5-3-6-10(8)9/h4,9-10H,2-3,5-7H2,1H3. The van der Waals surface area contributed by atoms with Gasteiger partial charge in [0.25, 0.3) is 0 Å². The summed E-state index contributed by atoms with van der Waals surface area (Å²) >= 11 is 0. The van der Waals surface area contributed by atoms with Crippen molar-refractivity contribution < 1.29 is 0 Å². The van der Waals surface area contributed by atoms with Crippen molar-refractivity contribution in [3.05, 3.63) is 11.6 Å². The van der Waals surface area contributed by atoms with E-state index in [-0.39, 0.29) is 0 Å². The Hall–Kier alpha value is -0.260. The van der Waals surface area contributed by atoms with Crippen molar-refractivity contribution in [2.24, 2.45) is 11.8 Å². The second-order valence-electron chi connectivity index (χ2n) is 3.69. The maximum absolute atomic E-state index is 2.45. The van der Waals surface area contributed by atoms with E-state index in [0.717, 1.165) is 11.8 Å². The minimum absolute atomic E-state index is 1.04. The van der Waals surface area contributed by atoms with E-state index in [2.05, 4.69) is 13.0 Å². The fourth-order valence-corrected chi connectivity index (χ4v) is 2.56. The van der Waals surface area contributed by atoms with Gasteiger partial charge in [-0.05, 0) is 37.5 Å². The van der Waals surface area contributed by atoms with Gasteiger partial charge in [-0.2, -0.15) is 0 Å². The van der Waals surface area contributed by atoms with E-state index in [1.165, 1.54) is 32.1 Å². The molecule has 0 aliphatic heterocycles. The van der Waals surface area contributed by atoms with Crippen LogP contribution >= 0.6 is 0 Å². The molecule has 2 aliphatic rings. The lowest BCUT2D eigenvalue weighted by Crippen LogP contribution is -2.23. The smallest absolute Gasteiger partial charge is 0.0172 e. The Morgan fingerprint density at radius 3 is 3.10 bits per heavy atom. The molecule has 56 valence electrons. The summed E-state index contributed by atoms with van der Waals surface area (Å²) in [6, 6.07) is 0. The van der Waals surface area contributed by atoms with Gasteiger partial charge in [0.05, 0.1) is 0 Å². The van der Waals surface area contributed by atoms with Gasteiger partial charge < -0.3 is 0 Å². The first-order chi connectivity index (χ1) is 4.92. The van der Waals surface area contributed by atoms with E-state index < -0.39 is 0 Å². The molecule has 10 heavy (non-hydrogen) atoms. The van der Waals surface area contributed by atoms with Crippen LogP contribution in [0.2, 0.25) is 0 Å². The third-order valence-corrected chi connectivity index (χ3v) is 3.10. The second kappa shape index (κ2) is 2.41. The van der Waals surface area contributed by atoms with E-state index >= 15 is 0 Å². The minimum Gasteiger partial charge on any atom is -0.0853 e. The lowest BCUT2D eigenvalue weighted by atomic mass is 9.71. The molecule has 0 aromatic heterocycles. The van der Waals surface area contributed by atoms with Gasteiger partial charge in [0.2, 0.25) is 0 Å². The summed E-state index contributed by atoms with van der Waals surface area (Å²) in [5.74, 6) is 2.15. The Morgan fingerprint density at radius 2 is 2.40 bits per heavy atom. The quantitative estimate of drug-likeness (QED) is 0.486. The van der Waals surface area contributed by atoms with Crippen molar-refractivity contribution in [2.75, 3.05) is 0 Å². The minimum atomic E-state index is 1.04. The lowest BCUT2D eigenvalue weighted by Gasteiger charge is -2.34. The van der Waals surface area contributed by atoms with Crippen LogP contribution in [-0.2, 0) is 0 Å². The van der Waals surface area contributed by atoms with Gasteiger partial charge in [-0.3, -0.25) is 0 Å². The summed E-state index contributed by atoms with van der Waals surface area (Å²) in [5, 5.41) is 0. The average molecular weight is 136 g/mol. The second-order valence-corrected chi connectivity index (χ2v) is 3.69. The third-order valence-electron chi connectivity index (χ3n) is 3.10. The highest BCUT2D eigenvalue weighted by Gasteiger charge is 2.38. The molecule has 0 radical (unpaired) electrons. The molecule has 2 rings (SSSR count). The lowest BCUT2D eigenvalue weighted by molar-refractivity contribution is 0.324. The first kappa shape index (κ1) is 6.45. The van der Waals surface area contributed by atoms with Crippen LogP contribution in [0.1, 0.15) is 39.0 Å². The number of fused-ring (bicyclic) bond motifs is 1. The molecule has 0 N–H and O–H groups in total. The van der Waals surface area contributed by atoms with Crippen LogP contribution < -0.4 is 0 Å². The van der Waals surface area contributed by atoms with Crippen molar-refractivity contribution in [1.82, 2.24) is 0 Å². The summed E-state index contributed by atoms with van der Waals surface area (Å²) in [6.07, 6.45) is 9.65. The molecule has 0 heterocycles. The van der Waals surface area contributed by atoms with Crippen LogP contribution in [0.25, 0.3) is 0 Å². The van der Waals surface area contributed by atoms with E-state index in [1.54, 1.807) is 5.57 Å². The van der Waals surface area contributed by atoms with Gasteiger partial charge in [-0.15, -0.1) is 0 Å².